The summed E-state index contributed by atoms with van der Waals surface area (Å²) in [6.07, 6.45) is 1.85. The van der Waals surface area contributed by atoms with Crippen molar-refractivity contribution in [2.24, 2.45) is 5.73 Å². The highest BCUT2D eigenvalue weighted by molar-refractivity contribution is 6.09. The first-order valence-electron chi connectivity index (χ1n) is 11.2. The van der Waals surface area contributed by atoms with Gasteiger partial charge in [-0.3, -0.25) is 14.4 Å². The van der Waals surface area contributed by atoms with Gasteiger partial charge >= 0.3 is 0 Å². The summed E-state index contributed by atoms with van der Waals surface area (Å²) in [4.78, 5) is 41.5. The molecule has 0 atom stereocenters. The largest absolute Gasteiger partial charge is 0.497 e. The highest BCUT2D eigenvalue weighted by atomic mass is 16.5. The van der Waals surface area contributed by atoms with Gasteiger partial charge in [0, 0.05) is 42.5 Å². The Morgan fingerprint density at radius 3 is 2.53 bits per heavy atom. The van der Waals surface area contributed by atoms with Crippen LogP contribution in [0, 0.1) is 6.92 Å². The molecule has 0 saturated carbocycles. The minimum absolute atomic E-state index is 0.102. The van der Waals surface area contributed by atoms with Gasteiger partial charge in [-0.25, -0.2) is 4.68 Å². The second-order valence-corrected chi connectivity index (χ2v) is 8.48. The fourth-order valence-corrected chi connectivity index (χ4v) is 4.75. The lowest BCUT2D eigenvalue weighted by Crippen LogP contribution is -2.39. The number of hydrogen-bond acceptors (Lipinski definition) is 5. The topological polar surface area (TPSA) is 111 Å². The van der Waals surface area contributed by atoms with Crippen molar-refractivity contribution in [3.63, 3.8) is 0 Å². The van der Waals surface area contributed by atoms with Gasteiger partial charge in [0.1, 0.15) is 11.4 Å². The van der Waals surface area contributed by atoms with Gasteiger partial charge in [0.15, 0.2) is 5.69 Å². The van der Waals surface area contributed by atoms with Crippen LogP contribution in [-0.4, -0.2) is 47.7 Å². The summed E-state index contributed by atoms with van der Waals surface area (Å²) in [5, 5.41) is 4.40. The molecule has 0 spiro atoms. The zero-order chi connectivity index (χ0) is 24.0. The van der Waals surface area contributed by atoms with E-state index in [1.54, 1.807) is 41.2 Å². The Morgan fingerprint density at radius 2 is 1.85 bits per heavy atom. The summed E-state index contributed by atoms with van der Waals surface area (Å²) in [6.45, 7) is 3.04. The molecule has 3 aromatic rings. The molecule has 2 aliphatic rings. The number of anilines is 2. The van der Waals surface area contributed by atoms with Gasteiger partial charge in [-0.15, -0.1) is 0 Å². The number of carbonyl (C=O) groups is 3. The van der Waals surface area contributed by atoms with E-state index in [2.05, 4.69) is 5.10 Å². The maximum absolute atomic E-state index is 13.7. The van der Waals surface area contributed by atoms with Crippen molar-refractivity contribution < 1.29 is 19.1 Å². The number of primary amides is 1. The zero-order valence-corrected chi connectivity index (χ0v) is 19.1. The van der Waals surface area contributed by atoms with Crippen LogP contribution in [0.1, 0.15) is 44.9 Å². The molecule has 0 aliphatic carbocycles. The lowest BCUT2D eigenvalue weighted by atomic mass is 10.0. The van der Waals surface area contributed by atoms with E-state index >= 15 is 0 Å². The van der Waals surface area contributed by atoms with Crippen LogP contribution < -0.4 is 20.3 Å². The molecule has 3 heterocycles. The molecular weight excluding hydrogens is 434 g/mol. The zero-order valence-electron chi connectivity index (χ0n) is 19.1. The fraction of sp³-hybridized carbons (Fsp3) is 0.280. The minimum atomic E-state index is -0.672. The number of rotatable bonds is 5. The molecule has 3 amide bonds. The number of nitrogens with two attached hydrogens (primary N) is 1. The minimum Gasteiger partial charge on any atom is -0.497 e. The Bertz CT molecular complexity index is 1330. The van der Waals surface area contributed by atoms with Crippen LogP contribution in [0.5, 0.6) is 5.75 Å². The number of nitrogens with zero attached hydrogens (tertiary/aromatic N) is 4. The van der Waals surface area contributed by atoms with Gasteiger partial charge in [-0.05, 0) is 55.7 Å². The van der Waals surface area contributed by atoms with E-state index in [4.69, 9.17) is 10.5 Å². The SMILES string of the molecule is COc1cccc(-n2nc(C(N)=O)c3c2C(=O)N(c2ccc(N4CCCC4=O)c(C)c2)CC3)c1. The van der Waals surface area contributed by atoms with Crippen molar-refractivity contribution in [1.82, 2.24) is 9.78 Å². The van der Waals surface area contributed by atoms with Crippen LogP contribution in [0.3, 0.4) is 0 Å². The molecule has 9 heteroatoms. The number of hydrogen-bond donors (Lipinski definition) is 1. The molecule has 2 N–H and O–H groups in total. The predicted molar refractivity (Wildman–Crippen MR) is 127 cm³/mol. The lowest BCUT2D eigenvalue weighted by Gasteiger charge is -2.29. The molecule has 9 nitrogen and oxygen atoms in total. The highest BCUT2D eigenvalue weighted by Crippen LogP contribution is 2.33. The molecule has 1 aromatic heterocycles. The van der Waals surface area contributed by atoms with E-state index in [1.807, 2.05) is 25.1 Å². The van der Waals surface area contributed by atoms with Gasteiger partial charge in [-0.1, -0.05) is 6.07 Å². The van der Waals surface area contributed by atoms with E-state index in [0.29, 0.717) is 48.6 Å². The monoisotopic (exact) mass is 459 g/mol. The Morgan fingerprint density at radius 1 is 1.03 bits per heavy atom. The van der Waals surface area contributed by atoms with Crippen molar-refractivity contribution in [3.05, 3.63) is 65.0 Å². The van der Waals surface area contributed by atoms with Gasteiger partial charge in [0.2, 0.25) is 5.91 Å². The maximum atomic E-state index is 13.7. The maximum Gasteiger partial charge on any atom is 0.277 e. The normalized spacial score (nSPS) is 15.6. The Labute approximate surface area is 196 Å². The second kappa shape index (κ2) is 8.33. The van der Waals surface area contributed by atoms with Crippen LogP contribution in [0.2, 0.25) is 0 Å². The molecule has 0 radical (unpaired) electrons. The van der Waals surface area contributed by atoms with Gasteiger partial charge in [0.25, 0.3) is 11.8 Å². The molecule has 174 valence electrons. The van der Waals surface area contributed by atoms with Crippen molar-refractivity contribution in [2.45, 2.75) is 26.2 Å². The number of benzene rings is 2. The summed E-state index contributed by atoms with van der Waals surface area (Å²) in [5.74, 6) is -0.219. The lowest BCUT2D eigenvalue weighted by molar-refractivity contribution is -0.117. The van der Waals surface area contributed by atoms with Crippen molar-refractivity contribution in [1.29, 1.82) is 0 Å². The Hall–Kier alpha value is -4.14. The fourth-order valence-electron chi connectivity index (χ4n) is 4.75. The number of ether oxygens (including phenoxy) is 1. The molecular formula is C25H25N5O4. The number of fused-ring (bicyclic) bond motifs is 1. The van der Waals surface area contributed by atoms with Gasteiger partial charge in [0.05, 0.1) is 12.8 Å². The van der Waals surface area contributed by atoms with E-state index < -0.39 is 5.91 Å². The third-order valence-electron chi connectivity index (χ3n) is 6.40. The average Bonchev–Trinajstić information content (AvgIpc) is 3.43. The van der Waals surface area contributed by atoms with Crippen molar-refractivity contribution in [2.75, 3.05) is 30.0 Å². The number of methoxy groups -OCH3 is 1. The summed E-state index contributed by atoms with van der Waals surface area (Å²) < 4.78 is 6.78. The van der Waals surface area contributed by atoms with Gasteiger partial charge < -0.3 is 20.3 Å². The smallest absolute Gasteiger partial charge is 0.277 e. The van der Waals surface area contributed by atoms with Crippen LogP contribution in [0.15, 0.2) is 42.5 Å². The third-order valence-corrected chi connectivity index (χ3v) is 6.40. The average molecular weight is 460 g/mol. The number of aromatic nitrogens is 2. The summed E-state index contributed by atoms with van der Waals surface area (Å²) >= 11 is 0. The molecule has 0 bridgehead atoms. The molecule has 2 aliphatic heterocycles. The molecule has 2 aromatic carbocycles. The van der Waals surface area contributed by atoms with Crippen LogP contribution in [-0.2, 0) is 11.2 Å². The quantitative estimate of drug-likeness (QED) is 0.631. The summed E-state index contributed by atoms with van der Waals surface area (Å²) in [7, 11) is 1.56. The van der Waals surface area contributed by atoms with Crippen LogP contribution >= 0.6 is 0 Å². The first-order valence-corrected chi connectivity index (χ1v) is 11.2. The van der Waals surface area contributed by atoms with Gasteiger partial charge in [-0.2, -0.15) is 5.10 Å². The molecule has 0 unspecified atom stereocenters. The third kappa shape index (κ3) is 3.49. The molecule has 34 heavy (non-hydrogen) atoms. The van der Waals surface area contributed by atoms with Crippen molar-refractivity contribution in [3.8, 4) is 11.4 Å². The molecule has 1 saturated heterocycles. The van der Waals surface area contributed by atoms with Crippen LogP contribution in [0.4, 0.5) is 11.4 Å². The summed E-state index contributed by atoms with van der Waals surface area (Å²) in [5.41, 5.74) is 9.66. The van der Waals surface area contributed by atoms with E-state index in [-0.39, 0.29) is 17.5 Å². The van der Waals surface area contributed by atoms with E-state index in [0.717, 1.165) is 23.4 Å². The summed E-state index contributed by atoms with van der Waals surface area (Å²) in [6, 6.07) is 12.8. The Balaban J connectivity index is 1.55. The first kappa shape index (κ1) is 21.7. The standard InChI is InChI=1S/C25H25N5O4/c1-15-13-16(8-9-20(15)29-11-4-7-21(29)31)28-12-10-19-22(24(26)32)27-30(23(19)25(28)33)17-5-3-6-18(14-17)34-2/h3,5-6,8-9,13-14H,4,7,10-12H2,1-2H3,(H2,26,32). The first-order chi connectivity index (χ1) is 16.4. The van der Waals surface area contributed by atoms with Crippen LogP contribution in [0.25, 0.3) is 5.69 Å². The number of amides is 3. The van der Waals surface area contributed by atoms with E-state index in [1.165, 1.54) is 4.68 Å². The highest BCUT2D eigenvalue weighted by Gasteiger charge is 2.35. The number of aryl methyl sites for hydroxylation is 1. The number of carbonyl (C=O) groups excluding carboxylic acids is 3. The Kier molecular flexibility index (Phi) is 5.31. The van der Waals surface area contributed by atoms with Crippen molar-refractivity contribution >= 4 is 29.1 Å². The second-order valence-electron chi connectivity index (χ2n) is 8.48. The van der Waals surface area contributed by atoms with E-state index in [9.17, 15) is 14.4 Å². The molecule has 1 fully saturated rings. The molecule has 5 rings (SSSR count). The predicted octanol–water partition coefficient (Wildman–Crippen LogP) is 2.62.